The molecule has 92 heavy (non-hydrogen) atoms. The molecule has 0 spiro atoms. The summed E-state index contributed by atoms with van der Waals surface area (Å²) in [6, 6.07) is 26.9. The fourth-order valence-corrected chi connectivity index (χ4v) is 18.4. The van der Waals surface area contributed by atoms with E-state index in [1.807, 2.05) is 95.8 Å². The van der Waals surface area contributed by atoms with Crippen molar-refractivity contribution in [1.29, 1.82) is 0 Å². The van der Waals surface area contributed by atoms with E-state index in [1.165, 1.54) is 18.2 Å². The molecule has 1 saturated carbocycles. The Morgan fingerprint density at radius 2 is 0.793 bits per heavy atom. The van der Waals surface area contributed by atoms with Crippen molar-refractivity contribution in [2.45, 2.75) is 89.3 Å². The van der Waals surface area contributed by atoms with Gasteiger partial charge >= 0.3 is 0 Å². The van der Waals surface area contributed by atoms with Crippen LogP contribution in [-0.2, 0) is 42.9 Å². The quantitative estimate of drug-likeness (QED) is 0.119. The van der Waals surface area contributed by atoms with Gasteiger partial charge in [-0.15, -0.1) is 0 Å². The van der Waals surface area contributed by atoms with Gasteiger partial charge in [-0.05, 0) is 153 Å². The molecule has 7 aliphatic rings. The van der Waals surface area contributed by atoms with Gasteiger partial charge in [-0.2, -0.15) is 0 Å². The number of benzene rings is 3. The molecule has 3 atom stereocenters. The molecule has 3 amide bonds. The lowest BCUT2D eigenvalue weighted by Crippen LogP contribution is -2.53. The molecule has 9 heterocycles. The summed E-state index contributed by atoms with van der Waals surface area (Å²) in [6.45, 7) is 8.88. The van der Waals surface area contributed by atoms with Gasteiger partial charge in [0.1, 0.15) is 29.1 Å². The molecule has 22 heteroatoms. The summed E-state index contributed by atoms with van der Waals surface area (Å²) in [5.41, 5.74) is 5.49. The van der Waals surface area contributed by atoms with Crippen LogP contribution in [0.3, 0.4) is 0 Å². The zero-order valence-corrected chi connectivity index (χ0v) is 55.2. The molecule has 6 aromatic rings. The van der Waals surface area contributed by atoms with E-state index in [0.717, 1.165) is 47.1 Å². The van der Waals surface area contributed by atoms with Crippen molar-refractivity contribution in [3.8, 4) is 0 Å². The van der Waals surface area contributed by atoms with Gasteiger partial charge in [0, 0.05) is 146 Å². The van der Waals surface area contributed by atoms with E-state index in [0.29, 0.717) is 155 Å². The number of aryl methyl sites for hydroxylation is 2. The number of halogens is 3. The maximum Gasteiger partial charge on any atom is 0.226 e. The lowest BCUT2D eigenvalue weighted by atomic mass is 9.96. The third-order valence-corrected chi connectivity index (χ3v) is 25.2. The summed E-state index contributed by atoms with van der Waals surface area (Å²) in [7, 11) is -6.15. The van der Waals surface area contributed by atoms with Gasteiger partial charge in [0.05, 0.1) is 48.1 Å². The number of aromatic nitrogens is 4. The smallest absolute Gasteiger partial charge is 0.226 e. The van der Waals surface area contributed by atoms with Crippen LogP contribution >= 0.6 is 0 Å². The van der Waals surface area contributed by atoms with Gasteiger partial charge in [0.15, 0.2) is 0 Å². The van der Waals surface area contributed by atoms with Crippen LogP contribution in [0.4, 0.5) is 30.4 Å². The second-order valence-corrected chi connectivity index (χ2v) is 34.2. The molecule has 6 aliphatic heterocycles. The molecular weight excluding hydrogens is 1230 g/mol. The van der Waals surface area contributed by atoms with Crippen molar-refractivity contribution in [2.75, 3.05) is 108 Å². The first-order valence-electron chi connectivity index (χ1n) is 32.1. The zero-order chi connectivity index (χ0) is 64.9. The number of hydrogen-bond donors (Lipinski definition) is 0. The Labute approximate surface area is 541 Å². The normalized spacial score (nSPS) is 27.6. The van der Waals surface area contributed by atoms with Crippen molar-refractivity contribution in [1.82, 2.24) is 34.6 Å². The number of anilines is 3. The van der Waals surface area contributed by atoms with Gasteiger partial charge in [-0.1, -0.05) is 60.7 Å². The van der Waals surface area contributed by atoms with E-state index in [1.54, 1.807) is 36.4 Å². The maximum absolute atomic E-state index is 14.8. The van der Waals surface area contributed by atoms with E-state index < -0.39 is 34.6 Å². The van der Waals surface area contributed by atoms with E-state index in [9.17, 15) is 40.2 Å². The lowest BCUT2D eigenvalue weighted by molar-refractivity contribution is -0.139. The number of carbonyl (C=O) groups excluding carboxylic acids is 3. The minimum Gasteiger partial charge on any atom is -0.366 e. The first-order valence-corrected chi connectivity index (χ1v) is 38.3. The molecule has 6 saturated heterocycles. The molecule has 16 nitrogen and oxygen atoms in total. The van der Waals surface area contributed by atoms with E-state index >= 15 is 0 Å². The Morgan fingerprint density at radius 3 is 1.15 bits per heavy atom. The highest BCUT2D eigenvalue weighted by atomic mass is 32.2. The first-order chi connectivity index (χ1) is 44.1. The van der Waals surface area contributed by atoms with Crippen LogP contribution in [0.1, 0.15) is 109 Å². The van der Waals surface area contributed by atoms with Crippen LogP contribution in [0.2, 0.25) is 0 Å². The van der Waals surface area contributed by atoms with Crippen LogP contribution in [0.5, 0.6) is 0 Å². The third-order valence-electron chi connectivity index (χ3n) is 19.3. The molecule has 3 aromatic heterocycles. The topological polar surface area (TPSA) is 173 Å². The van der Waals surface area contributed by atoms with Crippen molar-refractivity contribution >= 4 is 81.1 Å². The molecule has 13 rings (SSSR count). The predicted molar refractivity (Wildman–Crippen MR) is 364 cm³/mol. The van der Waals surface area contributed by atoms with E-state index in [4.69, 9.17) is 0 Å². The van der Waals surface area contributed by atoms with Crippen LogP contribution in [0.25, 0.3) is 0 Å². The highest BCUT2D eigenvalue weighted by molar-refractivity contribution is 8.00. The fraction of sp³-hybridized carbons (Fsp3) is 0.457. The lowest BCUT2D eigenvalue weighted by Gasteiger charge is -2.44. The number of hydrogen-bond acceptors (Lipinski definition) is 13. The number of amides is 3. The molecule has 3 aromatic carbocycles. The van der Waals surface area contributed by atoms with Crippen LogP contribution in [0, 0.1) is 49.1 Å². The highest BCUT2D eigenvalue weighted by Crippen LogP contribution is 2.40. The van der Waals surface area contributed by atoms with E-state index in [-0.39, 0.29) is 65.0 Å². The van der Waals surface area contributed by atoms with Gasteiger partial charge in [-0.25, -0.2) is 28.1 Å². The van der Waals surface area contributed by atoms with Crippen LogP contribution in [0.15, 0.2) is 122 Å². The second kappa shape index (κ2) is 28.5. The maximum atomic E-state index is 14.8. The predicted octanol–water partition coefficient (Wildman–Crippen LogP) is 9.10. The molecule has 0 bridgehead atoms. The van der Waals surface area contributed by atoms with Gasteiger partial charge < -0.3 is 29.4 Å². The van der Waals surface area contributed by atoms with Crippen LogP contribution < -0.4 is 14.7 Å². The number of piperazine rings is 3. The highest BCUT2D eigenvalue weighted by Gasteiger charge is 2.41. The molecule has 490 valence electrons. The van der Waals surface area contributed by atoms with Crippen molar-refractivity contribution in [2.24, 2.45) is 17.8 Å². The van der Waals surface area contributed by atoms with Crippen molar-refractivity contribution < 1.29 is 40.2 Å². The average Bonchev–Trinajstić information content (AvgIpc) is 1.20. The molecule has 0 radical (unpaired) electrons. The van der Waals surface area contributed by atoms with Crippen LogP contribution in [-0.4, -0.2) is 176 Å². The number of nitrogens with zero attached hydrogens (tertiary/aromatic N) is 10. The molecular formula is C70H85F3N10O6S3. The summed E-state index contributed by atoms with van der Waals surface area (Å²) >= 11 is 0. The second-order valence-electron chi connectivity index (χ2n) is 25.9. The Hall–Kier alpha value is -7.30. The Kier molecular flexibility index (Phi) is 20.5. The Balaban J connectivity index is 0.000000141. The zero-order valence-electron chi connectivity index (χ0n) is 52.8. The van der Waals surface area contributed by atoms with Gasteiger partial charge in [0.2, 0.25) is 17.7 Å². The van der Waals surface area contributed by atoms with E-state index in [2.05, 4.69) is 52.2 Å². The molecule has 0 N–H and O–H groups in total. The summed E-state index contributed by atoms with van der Waals surface area (Å²) < 4.78 is 80.9. The minimum absolute atomic E-state index is 0.0353. The summed E-state index contributed by atoms with van der Waals surface area (Å²) in [4.78, 5) is 70.2. The third kappa shape index (κ3) is 16.0. The minimum atomic E-state index is -2.06. The standard InChI is InChI=1S/C24H29FN4O2S.2C23H28FN3O2S/c1-32(31)12-8-18(9-13-32)24(30)29-11-10-28(16-22(29)20-4-2-3-5-21(20)25)19-14-26-23(27-15-19)17-6-7-17;1-17-7-8-19(15-25-17)26-11-12-27(22(16-26)20-5-3-4-6-21(20)24)23(28)18-9-13-30(2,29)14-10-18;1-17-7-8-22(25-15-17)26-11-12-27(21(16-26)19-5-3-4-6-20(19)24)23(28)18-9-13-30(2,29)14-10-18/h2-5,14-15,17-18,22H,1,6-13,16H2;3-8,15,18,22H,2,9-14,16H2,1H3;3-8,15,18,21H,2,9-14,16H2,1H3. The SMILES string of the molecule is C=S1(=O)CCC(C(=O)N2CCN(c3ccc(C)cn3)CC2c2ccccc2F)CC1.C=S1(=O)CCC(C(=O)N2CCN(c3ccc(C)nc3)CC2c2ccccc2F)CC1.C=S1(=O)CCC(C(=O)N2CCN(c3cnc(C4CC4)nc3)CC2c2ccccc2F)CC1. The van der Waals surface area contributed by atoms with Gasteiger partial charge in [-0.3, -0.25) is 32.0 Å². The van der Waals surface area contributed by atoms with Crippen molar-refractivity contribution in [3.05, 3.63) is 173 Å². The number of carbonyl (C=O) groups is 3. The van der Waals surface area contributed by atoms with Crippen molar-refractivity contribution in [3.63, 3.8) is 0 Å². The summed E-state index contributed by atoms with van der Waals surface area (Å²) in [5.74, 6) is 15.3. The first kappa shape index (κ1) is 66.2. The molecule has 1 aliphatic carbocycles. The summed E-state index contributed by atoms with van der Waals surface area (Å²) in [6.07, 6.45) is 13.2. The number of pyridine rings is 2. The Bertz CT molecular complexity index is 3750. The number of rotatable bonds is 10. The Morgan fingerprint density at radius 1 is 0.424 bits per heavy atom. The average molecular weight is 1320 g/mol. The molecule has 3 unspecified atom stereocenters. The fourth-order valence-electron chi connectivity index (χ4n) is 13.5. The summed E-state index contributed by atoms with van der Waals surface area (Å²) in [5, 5.41) is 0. The monoisotopic (exact) mass is 1310 g/mol. The molecule has 7 fully saturated rings. The largest absolute Gasteiger partial charge is 0.366 e. The van der Waals surface area contributed by atoms with Gasteiger partial charge in [0.25, 0.3) is 0 Å².